The topological polar surface area (TPSA) is 69.0 Å². The van der Waals surface area contributed by atoms with Gasteiger partial charge in [-0.3, -0.25) is 4.79 Å². The average Bonchev–Trinajstić information content (AvgIpc) is 2.74. The van der Waals surface area contributed by atoms with Crippen molar-refractivity contribution in [2.45, 2.75) is 39.5 Å². The van der Waals surface area contributed by atoms with E-state index in [1.807, 2.05) is 18.2 Å². The third-order valence-corrected chi connectivity index (χ3v) is 5.75. The van der Waals surface area contributed by atoms with Gasteiger partial charge in [-0.15, -0.1) is 0 Å². The molecule has 0 aliphatic carbocycles. The standard InChI is InChI=1S/C22H25ClN4O/c1-3-16-6-7-19(23)18(4-2)21(16)26-22(28)17-9-11-27(12-10-17)20-8-5-15(13-24)14-25-20/h5-8,14,17H,3-4,9-12H2,1-2H3,(H,26,28). The molecular weight excluding hydrogens is 372 g/mol. The van der Waals surface area contributed by atoms with E-state index in [2.05, 4.69) is 35.1 Å². The Morgan fingerprint density at radius 3 is 2.57 bits per heavy atom. The monoisotopic (exact) mass is 396 g/mol. The molecule has 0 saturated carbocycles. The van der Waals surface area contributed by atoms with E-state index in [1.165, 1.54) is 0 Å². The Morgan fingerprint density at radius 2 is 2.00 bits per heavy atom. The molecule has 1 N–H and O–H groups in total. The van der Waals surface area contributed by atoms with E-state index in [0.717, 1.165) is 61.4 Å². The zero-order chi connectivity index (χ0) is 20.1. The van der Waals surface area contributed by atoms with Crippen molar-refractivity contribution in [2.75, 3.05) is 23.3 Å². The summed E-state index contributed by atoms with van der Waals surface area (Å²) in [6.45, 7) is 5.68. The number of aromatic nitrogens is 1. The SMILES string of the molecule is CCc1ccc(Cl)c(CC)c1NC(=O)C1CCN(c2ccc(C#N)cn2)CC1. The van der Waals surface area contributed by atoms with E-state index in [9.17, 15) is 4.79 Å². The number of anilines is 2. The van der Waals surface area contributed by atoms with Crippen molar-refractivity contribution in [3.8, 4) is 6.07 Å². The summed E-state index contributed by atoms with van der Waals surface area (Å²) in [5, 5.41) is 12.8. The van der Waals surface area contributed by atoms with Crippen molar-refractivity contribution in [3.63, 3.8) is 0 Å². The highest BCUT2D eigenvalue weighted by molar-refractivity contribution is 6.32. The van der Waals surface area contributed by atoms with Crippen molar-refractivity contribution in [1.29, 1.82) is 5.26 Å². The summed E-state index contributed by atoms with van der Waals surface area (Å²) in [6.07, 6.45) is 4.77. The molecule has 1 aromatic heterocycles. The first-order chi connectivity index (χ1) is 13.6. The van der Waals surface area contributed by atoms with Gasteiger partial charge in [0.2, 0.25) is 5.91 Å². The lowest BCUT2D eigenvalue weighted by Crippen LogP contribution is -2.38. The molecule has 0 unspecified atom stereocenters. The summed E-state index contributed by atoms with van der Waals surface area (Å²) in [6, 6.07) is 9.64. The maximum absolute atomic E-state index is 12.9. The molecule has 2 heterocycles. The summed E-state index contributed by atoms with van der Waals surface area (Å²) in [5.74, 6) is 0.899. The number of rotatable bonds is 5. The smallest absolute Gasteiger partial charge is 0.227 e. The largest absolute Gasteiger partial charge is 0.357 e. The summed E-state index contributed by atoms with van der Waals surface area (Å²) in [7, 11) is 0. The number of aryl methyl sites for hydroxylation is 1. The average molecular weight is 397 g/mol. The predicted molar refractivity (Wildman–Crippen MR) is 113 cm³/mol. The van der Waals surface area contributed by atoms with E-state index >= 15 is 0 Å². The molecule has 146 valence electrons. The fourth-order valence-electron chi connectivity index (χ4n) is 3.70. The maximum Gasteiger partial charge on any atom is 0.227 e. The molecule has 2 aromatic rings. The fraction of sp³-hybridized carbons (Fsp3) is 0.409. The lowest BCUT2D eigenvalue weighted by Gasteiger charge is -2.32. The first-order valence-corrected chi connectivity index (χ1v) is 10.2. The predicted octanol–water partition coefficient (Wildman–Crippen LogP) is 4.59. The van der Waals surface area contributed by atoms with Crippen LogP contribution in [0.3, 0.4) is 0 Å². The maximum atomic E-state index is 12.9. The van der Waals surface area contributed by atoms with Crippen molar-refractivity contribution >= 4 is 29.0 Å². The van der Waals surface area contributed by atoms with Gasteiger partial charge in [-0.25, -0.2) is 4.98 Å². The van der Waals surface area contributed by atoms with Gasteiger partial charge in [-0.1, -0.05) is 31.5 Å². The quantitative estimate of drug-likeness (QED) is 0.802. The highest BCUT2D eigenvalue weighted by atomic mass is 35.5. The van der Waals surface area contributed by atoms with Crippen LogP contribution in [0.25, 0.3) is 0 Å². The van der Waals surface area contributed by atoms with Gasteiger partial charge in [0.05, 0.1) is 5.56 Å². The number of hydrogen-bond donors (Lipinski definition) is 1. The van der Waals surface area contributed by atoms with Crippen molar-refractivity contribution < 1.29 is 4.79 Å². The molecular formula is C22H25ClN4O. The van der Waals surface area contributed by atoms with E-state index in [1.54, 1.807) is 12.3 Å². The third-order valence-electron chi connectivity index (χ3n) is 5.39. The Balaban J connectivity index is 1.66. The second-order valence-corrected chi connectivity index (χ2v) is 7.44. The van der Waals surface area contributed by atoms with E-state index in [4.69, 9.17) is 16.9 Å². The van der Waals surface area contributed by atoms with Gasteiger partial charge in [0.15, 0.2) is 0 Å². The van der Waals surface area contributed by atoms with Crippen molar-refractivity contribution in [3.05, 3.63) is 52.2 Å². The highest BCUT2D eigenvalue weighted by Gasteiger charge is 2.26. The summed E-state index contributed by atoms with van der Waals surface area (Å²) >= 11 is 6.35. The molecule has 3 rings (SSSR count). The van der Waals surface area contributed by atoms with Crippen LogP contribution in [0, 0.1) is 17.2 Å². The second-order valence-electron chi connectivity index (χ2n) is 7.03. The van der Waals surface area contributed by atoms with Gasteiger partial charge in [0, 0.05) is 35.9 Å². The number of benzene rings is 1. The fourth-order valence-corrected chi connectivity index (χ4v) is 3.99. The van der Waals surface area contributed by atoms with Gasteiger partial charge < -0.3 is 10.2 Å². The molecule has 0 radical (unpaired) electrons. The van der Waals surface area contributed by atoms with Gasteiger partial charge >= 0.3 is 0 Å². The number of amides is 1. The number of nitrogens with zero attached hydrogens (tertiary/aromatic N) is 3. The molecule has 1 saturated heterocycles. The Labute approximate surface area is 171 Å². The Kier molecular flexibility index (Phi) is 6.53. The molecule has 1 fully saturated rings. The van der Waals surface area contributed by atoms with E-state index in [-0.39, 0.29) is 11.8 Å². The van der Waals surface area contributed by atoms with Crippen LogP contribution in [0.4, 0.5) is 11.5 Å². The van der Waals surface area contributed by atoms with Gasteiger partial charge in [0.25, 0.3) is 0 Å². The minimum absolute atomic E-state index is 0.0250. The Bertz CT molecular complexity index is 881. The second kappa shape index (κ2) is 9.07. The van der Waals surface area contributed by atoms with Crippen LogP contribution in [-0.4, -0.2) is 24.0 Å². The van der Waals surface area contributed by atoms with Crippen LogP contribution in [0.1, 0.15) is 43.4 Å². The highest BCUT2D eigenvalue weighted by Crippen LogP contribution is 2.31. The van der Waals surface area contributed by atoms with Crippen LogP contribution in [0.15, 0.2) is 30.5 Å². The lowest BCUT2D eigenvalue weighted by molar-refractivity contribution is -0.120. The molecule has 5 nitrogen and oxygen atoms in total. The van der Waals surface area contributed by atoms with Gasteiger partial charge in [0.1, 0.15) is 11.9 Å². The molecule has 0 spiro atoms. The number of carbonyl (C=O) groups excluding carboxylic acids is 1. The van der Waals surface area contributed by atoms with Crippen LogP contribution < -0.4 is 10.2 Å². The number of piperidine rings is 1. The molecule has 1 aliphatic rings. The summed E-state index contributed by atoms with van der Waals surface area (Å²) < 4.78 is 0. The summed E-state index contributed by atoms with van der Waals surface area (Å²) in [5.41, 5.74) is 3.57. The Hall–Kier alpha value is -2.58. The molecule has 1 amide bonds. The van der Waals surface area contributed by atoms with Crippen LogP contribution >= 0.6 is 11.6 Å². The minimum Gasteiger partial charge on any atom is -0.357 e. The normalized spacial score (nSPS) is 14.6. The van der Waals surface area contributed by atoms with Crippen molar-refractivity contribution in [1.82, 2.24) is 4.98 Å². The zero-order valence-electron chi connectivity index (χ0n) is 16.3. The molecule has 6 heteroatoms. The van der Waals surface area contributed by atoms with Crippen LogP contribution in [0.2, 0.25) is 5.02 Å². The molecule has 1 aliphatic heterocycles. The number of carbonyl (C=O) groups is 1. The minimum atomic E-state index is -0.0250. The summed E-state index contributed by atoms with van der Waals surface area (Å²) in [4.78, 5) is 19.4. The first-order valence-electron chi connectivity index (χ1n) is 9.79. The van der Waals surface area contributed by atoms with E-state index < -0.39 is 0 Å². The number of hydrogen-bond acceptors (Lipinski definition) is 4. The van der Waals surface area contributed by atoms with Gasteiger partial charge in [-0.2, -0.15) is 5.26 Å². The zero-order valence-corrected chi connectivity index (χ0v) is 17.1. The molecule has 0 atom stereocenters. The Morgan fingerprint density at radius 1 is 1.25 bits per heavy atom. The van der Waals surface area contributed by atoms with E-state index in [0.29, 0.717) is 10.6 Å². The molecule has 28 heavy (non-hydrogen) atoms. The number of nitriles is 1. The van der Waals surface area contributed by atoms with Crippen molar-refractivity contribution in [2.24, 2.45) is 5.92 Å². The first kappa shape index (κ1) is 20.2. The molecule has 1 aromatic carbocycles. The number of halogens is 1. The number of pyridine rings is 1. The van der Waals surface area contributed by atoms with Crippen LogP contribution in [0.5, 0.6) is 0 Å². The lowest BCUT2D eigenvalue weighted by atomic mass is 9.95. The van der Waals surface area contributed by atoms with Crippen LogP contribution in [-0.2, 0) is 17.6 Å². The molecule has 0 bridgehead atoms. The number of nitrogens with one attached hydrogen (secondary N) is 1. The van der Waals surface area contributed by atoms with Gasteiger partial charge in [-0.05, 0) is 55.0 Å². The third kappa shape index (κ3) is 4.28.